The van der Waals surface area contributed by atoms with Crippen LogP contribution < -0.4 is 5.32 Å². The average Bonchev–Trinajstić information content (AvgIpc) is 2.76. The summed E-state index contributed by atoms with van der Waals surface area (Å²) < 4.78 is 0. The van der Waals surface area contributed by atoms with Crippen LogP contribution in [0.4, 0.5) is 0 Å². The molecule has 1 aromatic heterocycles. The lowest BCUT2D eigenvalue weighted by Gasteiger charge is -1.94. The summed E-state index contributed by atoms with van der Waals surface area (Å²) in [6, 6.07) is 9.98. The van der Waals surface area contributed by atoms with Crippen molar-refractivity contribution in [3.8, 4) is 11.3 Å². The van der Waals surface area contributed by atoms with Crippen LogP contribution in [0.25, 0.3) is 11.3 Å². The Hall–Kier alpha value is -1.68. The number of rotatable bonds is 4. The monoisotopic (exact) mass is 218 g/mol. The number of hydrogen-bond acceptors (Lipinski definition) is 3. The molecule has 1 N–H and O–H groups in total. The van der Waals surface area contributed by atoms with E-state index in [1.54, 1.807) is 11.3 Å². The van der Waals surface area contributed by atoms with Gasteiger partial charge in [-0.05, 0) is 0 Å². The highest BCUT2D eigenvalue weighted by molar-refractivity contribution is 7.09. The third-order valence-electron chi connectivity index (χ3n) is 1.96. The number of hydrogen-bond donors (Lipinski definition) is 1. The topological polar surface area (TPSA) is 42.0 Å². The summed E-state index contributed by atoms with van der Waals surface area (Å²) in [6.45, 7) is 0.501. The molecule has 0 fully saturated rings. The lowest BCUT2D eigenvalue weighted by atomic mass is 10.2. The molecular formula is C11H10N2OS. The Balaban J connectivity index is 2.17. The molecule has 0 atom stereocenters. The van der Waals surface area contributed by atoms with Crippen LogP contribution in [-0.4, -0.2) is 11.4 Å². The van der Waals surface area contributed by atoms with Gasteiger partial charge in [0.2, 0.25) is 6.41 Å². The number of benzene rings is 1. The number of carbonyl (C=O) groups excluding carboxylic acids is 1. The third-order valence-corrected chi connectivity index (χ3v) is 2.81. The van der Waals surface area contributed by atoms with Crippen molar-refractivity contribution in [1.82, 2.24) is 10.3 Å². The van der Waals surface area contributed by atoms with Gasteiger partial charge >= 0.3 is 0 Å². The fraction of sp³-hybridized carbons (Fsp3) is 0.0909. The number of nitrogens with one attached hydrogen (secondary N) is 1. The SMILES string of the molecule is O=CNCc1nc(-c2ccccc2)cs1. The normalized spacial score (nSPS) is 9.87. The second-order valence-electron chi connectivity index (χ2n) is 2.99. The standard InChI is InChI=1S/C11H10N2OS/c14-8-12-6-11-13-10(7-15-11)9-4-2-1-3-5-9/h1-5,7-8H,6H2,(H,12,14). The van der Waals surface area contributed by atoms with E-state index in [9.17, 15) is 4.79 Å². The molecule has 4 heteroatoms. The molecule has 0 saturated carbocycles. The fourth-order valence-electron chi connectivity index (χ4n) is 1.26. The molecular weight excluding hydrogens is 208 g/mol. The molecule has 3 nitrogen and oxygen atoms in total. The van der Waals surface area contributed by atoms with Crippen LogP contribution in [-0.2, 0) is 11.3 Å². The van der Waals surface area contributed by atoms with Crippen LogP contribution in [0.3, 0.4) is 0 Å². The van der Waals surface area contributed by atoms with Crippen molar-refractivity contribution in [3.05, 3.63) is 40.7 Å². The molecule has 0 saturated heterocycles. The number of aromatic nitrogens is 1. The van der Waals surface area contributed by atoms with Crippen LogP contribution in [0.15, 0.2) is 35.7 Å². The highest BCUT2D eigenvalue weighted by atomic mass is 32.1. The highest BCUT2D eigenvalue weighted by Gasteiger charge is 2.02. The Morgan fingerprint density at radius 3 is 2.87 bits per heavy atom. The van der Waals surface area contributed by atoms with Crippen molar-refractivity contribution in [1.29, 1.82) is 0 Å². The highest BCUT2D eigenvalue weighted by Crippen LogP contribution is 2.21. The van der Waals surface area contributed by atoms with Gasteiger partial charge < -0.3 is 5.32 Å². The first-order chi connectivity index (χ1) is 7.40. The Labute approximate surface area is 91.8 Å². The van der Waals surface area contributed by atoms with Gasteiger partial charge in [0, 0.05) is 10.9 Å². The first-order valence-corrected chi connectivity index (χ1v) is 5.45. The first-order valence-electron chi connectivity index (χ1n) is 4.57. The second kappa shape index (κ2) is 4.70. The zero-order valence-electron chi connectivity index (χ0n) is 8.01. The zero-order valence-corrected chi connectivity index (χ0v) is 8.83. The van der Waals surface area contributed by atoms with E-state index < -0.39 is 0 Å². The summed E-state index contributed by atoms with van der Waals surface area (Å²) in [4.78, 5) is 14.5. The van der Waals surface area contributed by atoms with Gasteiger partial charge in [-0.1, -0.05) is 30.3 Å². The lowest BCUT2D eigenvalue weighted by Crippen LogP contribution is -2.09. The first kappa shape index (κ1) is 9.86. The molecule has 0 radical (unpaired) electrons. The molecule has 1 amide bonds. The molecule has 15 heavy (non-hydrogen) atoms. The van der Waals surface area contributed by atoms with Crippen molar-refractivity contribution in [2.45, 2.75) is 6.54 Å². The molecule has 0 aliphatic carbocycles. The van der Waals surface area contributed by atoms with E-state index in [0.717, 1.165) is 16.3 Å². The summed E-state index contributed by atoms with van der Waals surface area (Å²) in [5, 5.41) is 5.51. The van der Waals surface area contributed by atoms with E-state index in [2.05, 4.69) is 10.3 Å². The summed E-state index contributed by atoms with van der Waals surface area (Å²) >= 11 is 1.55. The van der Waals surface area contributed by atoms with E-state index in [4.69, 9.17) is 0 Å². The van der Waals surface area contributed by atoms with Crippen molar-refractivity contribution in [3.63, 3.8) is 0 Å². The van der Waals surface area contributed by atoms with Gasteiger partial charge in [0.15, 0.2) is 0 Å². The van der Waals surface area contributed by atoms with Crippen LogP contribution in [0, 0.1) is 0 Å². The largest absolute Gasteiger partial charge is 0.352 e. The second-order valence-corrected chi connectivity index (χ2v) is 3.93. The molecule has 2 aromatic rings. The molecule has 1 aromatic carbocycles. The lowest BCUT2D eigenvalue weighted by molar-refractivity contribution is -0.109. The van der Waals surface area contributed by atoms with Crippen molar-refractivity contribution in [2.75, 3.05) is 0 Å². The van der Waals surface area contributed by atoms with Crippen molar-refractivity contribution in [2.24, 2.45) is 0 Å². The maximum Gasteiger partial charge on any atom is 0.207 e. The maximum atomic E-state index is 10.1. The summed E-state index contributed by atoms with van der Waals surface area (Å²) in [7, 11) is 0. The quantitative estimate of drug-likeness (QED) is 0.798. The smallest absolute Gasteiger partial charge is 0.207 e. The Morgan fingerprint density at radius 2 is 2.13 bits per heavy atom. The molecule has 0 bridgehead atoms. The molecule has 2 rings (SSSR count). The van der Waals surface area contributed by atoms with E-state index in [-0.39, 0.29) is 0 Å². The third kappa shape index (κ3) is 2.41. The van der Waals surface area contributed by atoms with E-state index >= 15 is 0 Å². The maximum absolute atomic E-state index is 10.1. The van der Waals surface area contributed by atoms with Gasteiger partial charge in [-0.3, -0.25) is 4.79 Å². The summed E-state index contributed by atoms with van der Waals surface area (Å²) in [6.07, 6.45) is 0.684. The van der Waals surface area contributed by atoms with Gasteiger partial charge in [-0.2, -0.15) is 0 Å². The number of thiazole rings is 1. The fourth-order valence-corrected chi connectivity index (χ4v) is 2.02. The van der Waals surface area contributed by atoms with Gasteiger partial charge in [0.1, 0.15) is 5.01 Å². The van der Waals surface area contributed by atoms with Gasteiger partial charge in [0.25, 0.3) is 0 Å². The van der Waals surface area contributed by atoms with Crippen LogP contribution in [0.2, 0.25) is 0 Å². The molecule has 76 valence electrons. The number of carbonyl (C=O) groups is 1. The van der Waals surface area contributed by atoms with E-state index in [1.165, 1.54) is 0 Å². The Kier molecular flexibility index (Phi) is 3.09. The van der Waals surface area contributed by atoms with Gasteiger partial charge in [-0.15, -0.1) is 11.3 Å². The van der Waals surface area contributed by atoms with Crippen molar-refractivity contribution < 1.29 is 4.79 Å². The predicted molar refractivity (Wildman–Crippen MR) is 60.5 cm³/mol. The summed E-state index contributed by atoms with van der Waals surface area (Å²) in [5.41, 5.74) is 2.06. The Bertz CT molecular complexity index is 439. The minimum atomic E-state index is 0.501. The van der Waals surface area contributed by atoms with E-state index in [1.807, 2.05) is 35.7 Å². The molecule has 1 heterocycles. The predicted octanol–water partition coefficient (Wildman–Crippen LogP) is 2.06. The van der Waals surface area contributed by atoms with Crippen LogP contribution in [0.1, 0.15) is 5.01 Å². The number of amides is 1. The number of nitrogens with zero attached hydrogens (tertiary/aromatic N) is 1. The van der Waals surface area contributed by atoms with Crippen LogP contribution >= 0.6 is 11.3 Å². The molecule has 0 spiro atoms. The van der Waals surface area contributed by atoms with Crippen molar-refractivity contribution >= 4 is 17.7 Å². The zero-order chi connectivity index (χ0) is 10.5. The Morgan fingerprint density at radius 1 is 1.33 bits per heavy atom. The summed E-state index contributed by atoms with van der Waals surface area (Å²) in [5.74, 6) is 0. The van der Waals surface area contributed by atoms with Gasteiger partial charge in [-0.25, -0.2) is 4.98 Å². The average molecular weight is 218 g/mol. The molecule has 0 aliphatic rings. The molecule has 0 unspecified atom stereocenters. The van der Waals surface area contributed by atoms with E-state index in [0.29, 0.717) is 13.0 Å². The van der Waals surface area contributed by atoms with Crippen LogP contribution in [0.5, 0.6) is 0 Å². The minimum Gasteiger partial charge on any atom is -0.352 e. The molecule has 0 aliphatic heterocycles. The minimum absolute atomic E-state index is 0.501. The van der Waals surface area contributed by atoms with Gasteiger partial charge in [0.05, 0.1) is 12.2 Å².